The van der Waals surface area contributed by atoms with Gasteiger partial charge in [0.25, 0.3) is 0 Å². The molecule has 1 amide bonds. The molecule has 0 aromatic rings. The minimum atomic E-state index is -1.12. The van der Waals surface area contributed by atoms with Crippen molar-refractivity contribution < 1.29 is 19.4 Å². The van der Waals surface area contributed by atoms with Gasteiger partial charge in [-0.25, -0.2) is 0 Å². The number of amides is 1. The Morgan fingerprint density at radius 3 is 3.00 bits per heavy atom. The summed E-state index contributed by atoms with van der Waals surface area (Å²) < 4.78 is 4.75. The number of rotatable bonds is 2. The Hall–Kier alpha value is -1.54. The molecule has 0 aliphatic carbocycles. The van der Waals surface area contributed by atoms with Gasteiger partial charge in [0.15, 0.2) is 12.3 Å². The summed E-state index contributed by atoms with van der Waals surface area (Å²) in [5, 5.41) is 9.53. The number of aliphatic hydroxyl groups is 1. The van der Waals surface area contributed by atoms with Crippen molar-refractivity contribution in [2.45, 2.75) is 25.7 Å². The maximum Gasteiger partial charge on any atom is 0.303 e. The fraction of sp³-hybridized carbons (Fsp3) is 0.556. The lowest BCUT2D eigenvalue weighted by Gasteiger charge is -2.20. The minimum absolute atomic E-state index is 0.0115. The first kappa shape index (κ1) is 10.5. The lowest BCUT2D eigenvalue weighted by atomic mass is 10.3. The zero-order chi connectivity index (χ0) is 10.7. The van der Waals surface area contributed by atoms with Crippen LogP contribution in [0.3, 0.4) is 0 Å². The molecule has 1 N–H and O–H groups in total. The number of carbonyl (C=O) groups is 2. The van der Waals surface area contributed by atoms with Crippen LogP contribution in [0.1, 0.15) is 13.3 Å². The maximum atomic E-state index is 11.2. The molecule has 2 unspecified atom stereocenters. The van der Waals surface area contributed by atoms with Gasteiger partial charge in [0.2, 0.25) is 5.91 Å². The monoisotopic (exact) mass is 197 g/mol. The third-order valence-electron chi connectivity index (χ3n) is 1.93. The highest BCUT2D eigenvalue weighted by Crippen LogP contribution is 2.19. The molecule has 0 bridgehead atoms. The summed E-state index contributed by atoms with van der Waals surface area (Å²) in [6.45, 7) is 1.25. The first-order valence-electron chi connectivity index (χ1n) is 4.14. The molecule has 14 heavy (non-hydrogen) atoms. The molecule has 0 aromatic heterocycles. The van der Waals surface area contributed by atoms with Crippen molar-refractivity contribution in [1.82, 2.24) is 4.90 Å². The molecule has 5 nitrogen and oxygen atoms in total. The third kappa shape index (κ3) is 2.03. The van der Waals surface area contributed by atoms with Crippen molar-refractivity contribution in [3.63, 3.8) is 0 Å². The van der Waals surface area contributed by atoms with Gasteiger partial charge in [-0.1, -0.05) is 5.92 Å². The Labute approximate surface area is 81.6 Å². The fourth-order valence-corrected chi connectivity index (χ4v) is 1.34. The molecule has 1 aliphatic heterocycles. The van der Waals surface area contributed by atoms with Crippen LogP contribution in [0, 0.1) is 12.3 Å². The molecule has 76 valence electrons. The highest BCUT2D eigenvalue weighted by Gasteiger charge is 2.40. The van der Waals surface area contributed by atoms with E-state index in [0.29, 0.717) is 0 Å². The zero-order valence-electron chi connectivity index (χ0n) is 7.77. The number of carbonyl (C=O) groups excluding carboxylic acids is 2. The molecular weight excluding hydrogens is 186 g/mol. The molecule has 0 saturated carbocycles. The Morgan fingerprint density at radius 1 is 1.86 bits per heavy atom. The van der Waals surface area contributed by atoms with E-state index in [9.17, 15) is 14.7 Å². The molecule has 1 heterocycles. The predicted octanol–water partition coefficient (Wildman–Crippen LogP) is -0.898. The number of hydrogen-bond donors (Lipinski definition) is 1. The summed E-state index contributed by atoms with van der Waals surface area (Å²) in [5.74, 6) is 1.42. The van der Waals surface area contributed by atoms with Crippen LogP contribution in [0.25, 0.3) is 0 Å². The van der Waals surface area contributed by atoms with E-state index >= 15 is 0 Å². The van der Waals surface area contributed by atoms with Crippen molar-refractivity contribution in [2.75, 3.05) is 6.54 Å². The van der Waals surface area contributed by atoms with E-state index in [4.69, 9.17) is 11.2 Å². The van der Waals surface area contributed by atoms with Gasteiger partial charge in [-0.2, -0.15) is 0 Å². The number of esters is 1. The normalized spacial score (nSPS) is 26.1. The third-order valence-corrected chi connectivity index (χ3v) is 1.93. The Bertz CT molecular complexity index is 294. The summed E-state index contributed by atoms with van der Waals surface area (Å²) in [6.07, 6.45) is 3.08. The lowest BCUT2D eigenvalue weighted by molar-refractivity contribution is -0.154. The van der Waals surface area contributed by atoms with Crippen molar-refractivity contribution in [3.8, 4) is 12.3 Å². The van der Waals surface area contributed by atoms with Crippen molar-refractivity contribution in [2.24, 2.45) is 0 Å². The van der Waals surface area contributed by atoms with E-state index in [2.05, 4.69) is 5.92 Å². The smallest absolute Gasteiger partial charge is 0.303 e. The number of hydrogen-bond acceptors (Lipinski definition) is 4. The summed E-state index contributed by atoms with van der Waals surface area (Å²) in [4.78, 5) is 23.0. The highest BCUT2D eigenvalue weighted by atomic mass is 16.6. The molecule has 0 radical (unpaired) electrons. The minimum Gasteiger partial charge on any atom is -0.457 e. The quantitative estimate of drug-likeness (QED) is 0.460. The molecule has 1 saturated heterocycles. The summed E-state index contributed by atoms with van der Waals surface area (Å²) in [5.41, 5.74) is 0. The van der Waals surface area contributed by atoms with E-state index in [-0.39, 0.29) is 18.9 Å². The summed E-state index contributed by atoms with van der Waals surface area (Å²) >= 11 is 0. The maximum absolute atomic E-state index is 11.2. The van der Waals surface area contributed by atoms with Crippen LogP contribution in [0.5, 0.6) is 0 Å². The van der Waals surface area contributed by atoms with E-state index < -0.39 is 18.3 Å². The van der Waals surface area contributed by atoms with Gasteiger partial charge in [-0.15, -0.1) is 6.42 Å². The SMILES string of the molecule is C#CCN1C(=O)CC(OC(C)=O)C1O. The molecule has 1 rings (SSSR count). The van der Waals surface area contributed by atoms with E-state index in [1.807, 2.05) is 0 Å². The van der Waals surface area contributed by atoms with E-state index in [1.54, 1.807) is 0 Å². The van der Waals surface area contributed by atoms with Crippen LogP contribution in [0.4, 0.5) is 0 Å². The molecule has 2 atom stereocenters. The fourth-order valence-electron chi connectivity index (χ4n) is 1.34. The summed E-state index contributed by atoms with van der Waals surface area (Å²) in [7, 11) is 0. The number of aliphatic hydroxyl groups excluding tert-OH is 1. The van der Waals surface area contributed by atoms with Crippen LogP contribution in [0.2, 0.25) is 0 Å². The summed E-state index contributed by atoms with van der Waals surface area (Å²) in [6, 6.07) is 0. The van der Waals surface area contributed by atoms with E-state index in [0.717, 1.165) is 4.90 Å². The molecule has 1 fully saturated rings. The van der Waals surface area contributed by atoms with Crippen molar-refractivity contribution in [3.05, 3.63) is 0 Å². The highest BCUT2D eigenvalue weighted by molar-refractivity contribution is 5.80. The van der Waals surface area contributed by atoms with Crippen LogP contribution in [-0.2, 0) is 14.3 Å². The Kier molecular flexibility index (Phi) is 3.10. The topological polar surface area (TPSA) is 66.8 Å². The molecule has 0 aromatic carbocycles. The molecule has 5 heteroatoms. The average Bonchev–Trinajstić information content (AvgIpc) is 2.32. The number of likely N-dealkylation sites (tertiary alicyclic amines) is 1. The first-order valence-corrected chi connectivity index (χ1v) is 4.14. The second-order valence-electron chi connectivity index (χ2n) is 2.99. The Balaban J connectivity index is 2.64. The standard InChI is InChI=1S/C9H11NO4/c1-3-4-10-8(12)5-7(9(10)13)14-6(2)11/h1,7,9,13H,4-5H2,2H3. The second-order valence-corrected chi connectivity index (χ2v) is 2.99. The van der Waals surface area contributed by atoms with Crippen LogP contribution in [0.15, 0.2) is 0 Å². The Morgan fingerprint density at radius 2 is 2.50 bits per heavy atom. The molecule has 1 aliphatic rings. The van der Waals surface area contributed by atoms with Crippen LogP contribution >= 0.6 is 0 Å². The van der Waals surface area contributed by atoms with E-state index in [1.165, 1.54) is 6.92 Å². The number of ether oxygens (including phenoxy) is 1. The largest absolute Gasteiger partial charge is 0.457 e. The van der Waals surface area contributed by atoms with Gasteiger partial charge in [-0.3, -0.25) is 9.59 Å². The predicted molar refractivity (Wildman–Crippen MR) is 46.7 cm³/mol. The van der Waals surface area contributed by atoms with Crippen LogP contribution < -0.4 is 0 Å². The first-order chi connectivity index (χ1) is 6.56. The average molecular weight is 197 g/mol. The molecule has 0 spiro atoms. The van der Waals surface area contributed by atoms with Crippen molar-refractivity contribution >= 4 is 11.9 Å². The van der Waals surface area contributed by atoms with Gasteiger partial charge in [0, 0.05) is 6.92 Å². The number of terminal acetylenes is 1. The zero-order valence-corrected chi connectivity index (χ0v) is 7.77. The van der Waals surface area contributed by atoms with Gasteiger partial charge in [0.1, 0.15) is 0 Å². The van der Waals surface area contributed by atoms with Gasteiger partial charge in [0.05, 0.1) is 13.0 Å². The molecular formula is C9H11NO4. The van der Waals surface area contributed by atoms with Crippen LogP contribution in [-0.4, -0.2) is 40.8 Å². The lowest BCUT2D eigenvalue weighted by Crippen LogP contribution is -2.38. The second kappa shape index (κ2) is 4.11. The van der Waals surface area contributed by atoms with Crippen molar-refractivity contribution in [1.29, 1.82) is 0 Å². The van der Waals surface area contributed by atoms with Gasteiger partial charge >= 0.3 is 5.97 Å². The number of nitrogens with zero attached hydrogens (tertiary/aromatic N) is 1. The van der Waals surface area contributed by atoms with Gasteiger partial charge in [-0.05, 0) is 0 Å². The van der Waals surface area contributed by atoms with Gasteiger partial charge < -0.3 is 14.7 Å².